The van der Waals surface area contributed by atoms with Gasteiger partial charge in [0.05, 0.1) is 11.8 Å². The molecule has 0 saturated carbocycles. The highest BCUT2D eigenvalue weighted by molar-refractivity contribution is 7.07. The molecule has 1 saturated heterocycles. The quantitative estimate of drug-likeness (QED) is 0.613. The van der Waals surface area contributed by atoms with E-state index in [4.69, 9.17) is 0 Å². The maximum atomic E-state index is 12.3. The zero-order chi connectivity index (χ0) is 15.7. The maximum absolute atomic E-state index is 12.3. The van der Waals surface area contributed by atoms with E-state index >= 15 is 0 Å². The van der Waals surface area contributed by atoms with Crippen molar-refractivity contribution in [2.75, 3.05) is 6.54 Å². The Labute approximate surface area is 131 Å². The summed E-state index contributed by atoms with van der Waals surface area (Å²) < 4.78 is 1.76. The van der Waals surface area contributed by atoms with Crippen molar-refractivity contribution in [2.45, 2.75) is 19.3 Å². The third-order valence-corrected chi connectivity index (χ3v) is 4.98. The molecule has 0 radical (unpaired) electrons. The zero-order valence-electron chi connectivity index (χ0n) is 12.3. The van der Waals surface area contributed by atoms with Crippen LogP contribution in [-0.4, -0.2) is 33.7 Å². The minimum Gasteiger partial charge on any atom is -0.327 e. The van der Waals surface area contributed by atoms with Gasteiger partial charge < -0.3 is 4.57 Å². The van der Waals surface area contributed by atoms with Gasteiger partial charge in [0, 0.05) is 31.6 Å². The minimum atomic E-state index is -0.313. The molecule has 1 aliphatic carbocycles. The normalized spacial score (nSPS) is 25.0. The summed E-state index contributed by atoms with van der Waals surface area (Å²) in [5.41, 5.74) is 0. The maximum Gasteiger partial charge on any atom is 0.250 e. The van der Waals surface area contributed by atoms with Gasteiger partial charge in [0.15, 0.2) is 4.80 Å². The molecule has 1 aromatic rings. The Hall–Kier alpha value is -2.02. The van der Waals surface area contributed by atoms with Crippen molar-refractivity contribution in [3.8, 4) is 0 Å². The first-order valence-electron chi connectivity index (χ1n) is 7.26. The summed E-state index contributed by atoms with van der Waals surface area (Å²) in [7, 11) is 1.81. The van der Waals surface area contributed by atoms with Crippen molar-refractivity contribution < 1.29 is 14.4 Å². The van der Waals surface area contributed by atoms with Gasteiger partial charge in [-0.05, 0) is 12.8 Å². The van der Waals surface area contributed by atoms with Crippen LogP contribution < -0.4 is 4.80 Å². The fourth-order valence-corrected chi connectivity index (χ4v) is 3.64. The van der Waals surface area contributed by atoms with Gasteiger partial charge in [0.25, 0.3) is 0 Å². The second-order valence-electron chi connectivity index (χ2n) is 5.54. The number of nitrogens with zero attached hydrogens (tertiary/aromatic N) is 3. The third-order valence-electron chi connectivity index (χ3n) is 4.13. The number of imide groups is 1. The number of rotatable bonds is 3. The highest BCUT2D eigenvalue weighted by Crippen LogP contribution is 2.34. The first-order valence-corrected chi connectivity index (χ1v) is 8.14. The average molecular weight is 319 g/mol. The fourth-order valence-electron chi connectivity index (χ4n) is 2.89. The molecule has 1 aromatic heterocycles. The van der Waals surface area contributed by atoms with Crippen LogP contribution in [0.3, 0.4) is 0 Å². The van der Waals surface area contributed by atoms with E-state index in [1.165, 1.54) is 16.2 Å². The lowest BCUT2D eigenvalue weighted by Crippen LogP contribution is -2.33. The topological polar surface area (TPSA) is 71.7 Å². The Kier molecular flexibility index (Phi) is 4.06. The molecule has 6 nitrogen and oxygen atoms in total. The lowest BCUT2D eigenvalue weighted by molar-refractivity contribution is -0.140. The minimum absolute atomic E-state index is 0.0717. The number of amides is 3. The van der Waals surface area contributed by atoms with Crippen LogP contribution in [0.25, 0.3) is 0 Å². The average Bonchev–Trinajstić information content (AvgIpc) is 3.01. The Bertz CT molecular complexity index is 690. The Morgan fingerprint density at radius 1 is 1.27 bits per heavy atom. The Balaban J connectivity index is 1.65. The summed E-state index contributed by atoms with van der Waals surface area (Å²) >= 11 is 1.37. The van der Waals surface area contributed by atoms with Gasteiger partial charge in [-0.2, -0.15) is 4.99 Å². The van der Waals surface area contributed by atoms with Crippen LogP contribution in [-0.2, 0) is 21.4 Å². The van der Waals surface area contributed by atoms with E-state index in [-0.39, 0.29) is 42.5 Å². The van der Waals surface area contributed by atoms with Crippen LogP contribution in [0.15, 0.2) is 28.7 Å². The molecule has 0 N–H and O–H groups in total. The van der Waals surface area contributed by atoms with E-state index in [1.807, 2.05) is 30.8 Å². The zero-order valence-corrected chi connectivity index (χ0v) is 13.1. The van der Waals surface area contributed by atoms with E-state index < -0.39 is 0 Å². The summed E-state index contributed by atoms with van der Waals surface area (Å²) in [6.45, 7) is 0.127. The Morgan fingerprint density at radius 2 is 1.91 bits per heavy atom. The van der Waals surface area contributed by atoms with Gasteiger partial charge >= 0.3 is 0 Å². The number of carbonyl (C=O) groups excluding carboxylic acids is 3. The van der Waals surface area contributed by atoms with Gasteiger partial charge in [-0.25, -0.2) is 0 Å². The van der Waals surface area contributed by atoms with Crippen LogP contribution >= 0.6 is 11.3 Å². The molecular weight excluding hydrogens is 302 g/mol. The van der Waals surface area contributed by atoms with Gasteiger partial charge in [-0.3, -0.25) is 19.3 Å². The molecule has 22 heavy (non-hydrogen) atoms. The van der Waals surface area contributed by atoms with Gasteiger partial charge in [-0.1, -0.05) is 12.2 Å². The van der Waals surface area contributed by atoms with E-state index in [9.17, 15) is 14.4 Å². The number of hydrogen-bond acceptors (Lipinski definition) is 4. The van der Waals surface area contributed by atoms with Crippen molar-refractivity contribution in [1.29, 1.82) is 0 Å². The van der Waals surface area contributed by atoms with E-state index in [0.29, 0.717) is 17.6 Å². The van der Waals surface area contributed by atoms with E-state index in [2.05, 4.69) is 4.99 Å². The number of allylic oxidation sites excluding steroid dienone is 2. The lowest BCUT2D eigenvalue weighted by Gasteiger charge is -2.14. The van der Waals surface area contributed by atoms with E-state index in [1.54, 1.807) is 4.57 Å². The molecule has 0 aromatic carbocycles. The number of aryl methyl sites for hydroxylation is 1. The van der Waals surface area contributed by atoms with Crippen LogP contribution in [0.5, 0.6) is 0 Å². The smallest absolute Gasteiger partial charge is 0.250 e. The van der Waals surface area contributed by atoms with Crippen molar-refractivity contribution in [2.24, 2.45) is 23.9 Å². The summed E-state index contributed by atoms with van der Waals surface area (Å²) in [5, 5.41) is 1.84. The van der Waals surface area contributed by atoms with Crippen LogP contribution in [0, 0.1) is 11.8 Å². The molecular formula is C15H17N3O3S. The second-order valence-corrected chi connectivity index (χ2v) is 6.41. The lowest BCUT2D eigenvalue weighted by atomic mass is 9.85. The molecule has 0 unspecified atom stereocenters. The van der Waals surface area contributed by atoms with Crippen LogP contribution in [0.2, 0.25) is 0 Å². The monoisotopic (exact) mass is 319 g/mol. The SMILES string of the molecule is Cn1ccsc1=NC(=O)CCN1C(=O)[C@H]2CC=CC[C@H]2C1=O. The number of hydrogen-bond donors (Lipinski definition) is 0. The molecule has 7 heteroatoms. The molecule has 1 aliphatic heterocycles. The van der Waals surface area contributed by atoms with Crippen molar-refractivity contribution in [1.82, 2.24) is 9.47 Å². The first kappa shape index (κ1) is 14.9. The molecule has 2 aliphatic rings. The summed E-state index contributed by atoms with van der Waals surface area (Å²) in [5.74, 6) is -1.08. The standard InChI is InChI=1S/C15H17N3O3S/c1-17-8-9-22-15(17)16-12(19)6-7-18-13(20)10-4-2-3-5-11(10)14(18)21/h2-3,8-11H,4-7H2,1H3/t10-,11+. The molecule has 116 valence electrons. The van der Waals surface area contributed by atoms with Gasteiger partial charge in [0.1, 0.15) is 0 Å². The first-order chi connectivity index (χ1) is 10.6. The predicted molar refractivity (Wildman–Crippen MR) is 80.6 cm³/mol. The molecule has 0 spiro atoms. The fraction of sp³-hybridized carbons (Fsp3) is 0.467. The second kappa shape index (κ2) is 6.00. The molecule has 2 heterocycles. The van der Waals surface area contributed by atoms with Gasteiger partial charge in [-0.15, -0.1) is 11.3 Å². The van der Waals surface area contributed by atoms with Crippen LogP contribution in [0.4, 0.5) is 0 Å². The summed E-state index contributed by atoms with van der Waals surface area (Å²) in [6, 6.07) is 0. The molecule has 0 bridgehead atoms. The van der Waals surface area contributed by atoms with Crippen molar-refractivity contribution >= 4 is 29.1 Å². The number of aromatic nitrogens is 1. The number of likely N-dealkylation sites (tertiary alicyclic amines) is 1. The molecule has 2 atom stereocenters. The largest absolute Gasteiger partial charge is 0.327 e. The Morgan fingerprint density at radius 3 is 2.45 bits per heavy atom. The van der Waals surface area contributed by atoms with Crippen LogP contribution in [0.1, 0.15) is 19.3 Å². The van der Waals surface area contributed by atoms with Crippen molar-refractivity contribution in [3.05, 3.63) is 28.5 Å². The molecule has 3 amide bonds. The summed E-state index contributed by atoms with van der Waals surface area (Å²) in [4.78, 5) is 42.3. The number of fused-ring (bicyclic) bond motifs is 1. The number of carbonyl (C=O) groups is 3. The summed E-state index contributed by atoms with van der Waals surface area (Å²) in [6.07, 6.45) is 7.04. The highest BCUT2D eigenvalue weighted by Gasteiger charge is 2.46. The highest BCUT2D eigenvalue weighted by atomic mass is 32.1. The molecule has 3 rings (SSSR count). The number of thiazole rings is 1. The molecule has 1 fully saturated rings. The van der Waals surface area contributed by atoms with E-state index in [0.717, 1.165) is 0 Å². The van der Waals surface area contributed by atoms with Gasteiger partial charge in [0.2, 0.25) is 17.7 Å². The van der Waals surface area contributed by atoms with Crippen molar-refractivity contribution in [3.63, 3.8) is 0 Å². The third kappa shape index (κ3) is 2.68. The predicted octanol–water partition coefficient (Wildman–Crippen LogP) is 0.855.